The fraction of sp³-hybridized carbons (Fsp3) is 0.417. The first-order chi connectivity index (χ1) is 8.79. The lowest BCUT2D eigenvalue weighted by Gasteiger charge is -2.23. The minimum Gasteiger partial charge on any atom is -0.486 e. The topological polar surface area (TPSA) is 74.0 Å². The summed E-state index contributed by atoms with van der Waals surface area (Å²) < 4.78 is 15.9. The van der Waals surface area contributed by atoms with Crippen LogP contribution in [0.1, 0.15) is 0 Å². The van der Waals surface area contributed by atoms with Crippen molar-refractivity contribution in [3.8, 4) is 11.5 Å². The average molecular weight is 250 g/mol. The Labute approximate surface area is 104 Å². The van der Waals surface area contributed by atoms with Gasteiger partial charge in [0, 0.05) is 12.6 Å². The number of cyclic esters (lactones) is 1. The zero-order chi connectivity index (χ0) is 12.5. The van der Waals surface area contributed by atoms with Crippen LogP contribution < -0.4 is 20.1 Å². The van der Waals surface area contributed by atoms with Crippen molar-refractivity contribution in [2.45, 2.75) is 6.04 Å². The number of benzene rings is 1. The summed E-state index contributed by atoms with van der Waals surface area (Å²) in [5.74, 6) is 1.34. The van der Waals surface area contributed by atoms with E-state index in [9.17, 15) is 4.79 Å². The molecule has 1 aromatic carbocycles. The molecule has 1 saturated heterocycles. The molecule has 6 heteroatoms. The Morgan fingerprint density at radius 1 is 1.22 bits per heavy atom. The van der Waals surface area contributed by atoms with Crippen molar-refractivity contribution in [3.05, 3.63) is 18.2 Å². The maximum Gasteiger partial charge on any atom is 0.414 e. The van der Waals surface area contributed by atoms with Gasteiger partial charge >= 0.3 is 6.09 Å². The predicted octanol–water partition coefficient (Wildman–Crippen LogP) is 0.742. The number of anilines is 1. The number of carbonyl (C=O) groups is 1. The number of hydrogen-bond donors (Lipinski definition) is 1. The molecule has 1 fully saturated rings. The van der Waals surface area contributed by atoms with Gasteiger partial charge in [-0.25, -0.2) is 4.79 Å². The monoisotopic (exact) mass is 250 g/mol. The third-order valence-electron chi connectivity index (χ3n) is 3.04. The number of ether oxygens (including phenoxy) is 3. The molecule has 0 aliphatic carbocycles. The van der Waals surface area contributed by atoms with Gasteiger partial charge in [0.05, 0.1) is 11.7 Å². The van der Waals surface area contributed by atoms with E-state index in [1.807, 2.05) is 6.07 Å². The average Bonchev–Trinajstić information content (AvgIpc) is 2.79. The van der Waals surface area contributed by atoms with Crippen LogP contribution in [0.25, 0.3) is 0 Å². The first-order valence-electron chi connectivity index (χ1n) is 5.85. The lowest BCUT2D eigenvalue weighted by Crippen LogP contribution is -2.38. The van der Waals surface area contributed by atoms with Crippen molar-refractivity contribution < 1.29 is 19.0 Å². The number of carbonyl (C=O) groups excluding carboxylic acids is 1. The summed E-state index contributed by atoms with van der Waals surface area (Å²) >= 11 is 0. The quantitative estimate of drug-likeness (QED) is 0.838. The number of nitrogens with zero attached hydrogens (tertiary/aromatic N) is 1. The lowest BCUT2D eigenvalue weighted by molar-refractivity contribution is 0.171. The Morgan fingerprint density at radius 3 is 2.78 bits per heavy atom. The summed E-state index contributed by atoms with van der Waals surface area (Å²) in [4.78, 5) is 13.2. The van der Waals surface area contributed by atoms with Gasteiger partial charge in [-0.3, -0.25) is 4.90 Å². The Hall–Kier alpha value is -1.95. The van der Waals surface area contributed by atoms with E-state index in [1.165, 1.54) is 0 Å². The first-order valence-corrected chi connectivity index (χ1v) is 5.85. The Kier molecular flexibility index (Phi) is 2.71. The second-order valence-corrected chi connectivity index (χ2v) is 4.16. The van der Waals surface area contributed by atoms with Crippen molar-refractivity contribution in [1.29, 1.82) is 0 Å². The molecule has 2 aliphatic heterocycles. The Bertz CT molecular complexity index is 477. The molecular formula is C12H14N2O4. The third kappa shape index (κ3) is 1.74. The highest BCUT2D eigenvalue weighted by Gasteiger charge is 2.33. The second kappa shape index (κ2) is 4.38. The first kappa shape index (κ1) is 11.2. The molecule has 0 aromatic heterocycles. The number of hydrogen-bond acceptors (Lipinski definition) is 5. The van der Waals surface area contributed by atoms with Crippen LogP contribution in [0.4, 0.5) is 10.5 Å². The highest BCUT2D eigenvalue weighted by Crippen LogP contribution is 2.35. The molecule has 1 atom stereocenters. The van der Waals surface area contributed by atoms with Gasteiger partial charge in [0.25, 0.3) is 0 Å². The molecule has 0 bridgehead atoms. The van der Waals surface area contributed by atoms with Crippen molar-refractivity contribution in [1.82, 2.24) is 0 Å². The third-order valence-corrected chi connectivity index (χ3v) is 3.04. The summed E-state index contributed by atoms with van der Waals surface area (Å²) in [5, 5.41) is 0. The van der Waals surface area contributed by atoms with Crippen LogP contribution in [-0.4, -0.2) is 38.5 Å². The van der Waals surface area contributed by atoms with E-state index in [0.29, 0.717) is 37.9 Å². The van der Waals surface area contributed by atoms with E-state index in [0.717, 1.165) is 5.69 Å². The summed E-state index contributed by atoms with van der Waals surface area (Å²) in [6, 6.07) is 5.26. The van der Waals surface area contributed by atoms with Crippen LogP contribution in [0.5, 0.6) is 11.5 Å². The SMILES string of the molecule is NC[C@H]1COC(=O)N1c1ccc2c(c1)OCCO2. The molecule has 1 amide bonds. The highest BCUT2D eigenvalue weighted by atomic mass is 16.6. The largest absolute Gasteiger partial charge is 0.486 e. The van der Waals surface area contributed by atoms with Gasteiger partial charge in [0.15, 0.2) is 11.5 Å². The molecule has 2 heterocycles. The van der Waals surface area contributed by atoms with Gasteiger partial charge in [-0.2, -0.15) is 0 Å². The van der Waals surface area contributed by atoms with Crippen molar-refractivity contribution in [2.24, 2.45) is 5.73 Å². The fourth-order valence-corrected chi connectivity index (χ4v) is 2.13. The van der Waals surface area contributed by atoms with Crippen LogP contribution in [0.2, 0.25) is 0 Å². The van der Waals surface area contributed by atoms with Crippen LogP contribution in [0, 0.1) is 0 Å². The van der Waals surface area contributed by atoms with Crippen molar-refractivity contribution >= 4 is 11.8 Å². The zero-order valence-electron chi connectivity index (χ0n) is 9.80. The van der Waals surface area contributed by atoms with E-state index in [1.54, 1.807) is 17.0 Å². The van der Waals surface area contributed by atoms with Gasteiger partial charge in [0.2, 0.25) is 0 Å². The maximum atomic E-state index is 11.7. The molecule has 6 nitrogen and oxygen atoms in total. The molecule has 1 aromatic rings. The van der Waals surface area contributed by atoms with E-state index in [-0.39, 0.29) is 12.1 Å². The molecule has 0 radical (unpaired) electrons. The van der Waals surface area contributed by atoms with Crippen LogP contribution in [-0.2, 0) is 4.74 Å². The molecule has 2 aliphatic rings. The van der Waals surface area contributed by atoms with Crippen molar-refractivity contribution in [3.63, 3.8) is 0 Å². The molecule has 18 heavy (non-hydrogen) atoms. The Balaban J connectivity index is 1.94. The number of fused-ring (bicyclic) bond motifs is 1. The molecular weight excluding hydrogens is 236 g/mol. The van der Waals surface area contributed by atoms with Crippen LogP contribution in [0.15, 0.2) is 18.2 Å². The molecule has 0 unspecified atom stereocenters. The van der Waals surface area contributed by atoms with Gasteiger partial charge < -0.3 is 19.9 Å². The van der Waals surface area contributed by atoms with E-state index in [2.05, 4.69) is 0 Å². The van der Waals surface area contributed by atoms with Gasteiger partial charge in [0.1, 0.15) is 19.8 Å². The van der Waals surface area contributed by atoms with Gasteiger partial charge in [-0.15, -0.1) is 0 Å². The summed E-state index contributed by atoms with van der Waals surface area (Å²) in [6.45, 7) is 1.74. The summed E-state index contributed by atoms with van der Waals surface area (Å²) in [7, 11) is 0. The maximum absolute atomic E-state index is 11.7. The predicted molar refractivity (Wildman–Crippen MR) is 64.1 cm³/mol. The van der Waals surface area contributed by atoms with Gasteiger partial charge in [-0.05, 0) is 12.1 Å². The van der Waals surface area contributed by atoms with E-state index < -0.39 is 0 Å². The molecule has 96 valence electrons. The lowest BCUT2D eigenvalue weighted by atomic mass is 10.2. The number of rotatable bonds is 2. The molecule has 2 N–H and O–H groups in total. The van der Waals surface area contributed by atoms with Crippen LogP contribution in [0.3, 0.4) is 0 Å². The minimum atomic E-state index is -0.373. The zero-order valence-corrected chi connectivity index (χ0v) is 9.80. The normalized spacial score (nSPS) is 21.9. The van der Waals surface area contributed by atoms with Crippen LogP contribution >= 0.6 is 0 Å². The Morgan fingerprint density at radius 2 is 2.00 bits per heavy atom. The summed E-state index contributed by atoms with van der Waals surface area (Å²) in [5.41, 5.74) is 6.35. The molecule has 0 saturated carbocycles. The fourth-order valence-electron chi connectivity index (χ4n) is 2.13. The van der Waals surface area contributed by atoms with E-state index in [4.69, 9.17) is 19.9 Å². The molecule has 3 rings (SSSR count). The van der Waals surface area contributed by atoms with Crippen molar-refractivity contribution in [2.75, 3.05) is 31.3 Å². The second-order valence-electron chi connectivity index (χ2n) is 4.16. The van der Waals surface area contributed by atoms with E-state index >= 15 is 0 Å². The minimum absolute atomic E-state index is 0.125. The number of nitrogens with two attached hydrogens (primary N) is 1. The highest BCUT2D eigenvalue weighted by molar-refractivity contribution is 5.90. The van der Waals surface area contributed by atoms with Gasteiger partial charge in [-0.1, -0.05) is 0 Å². The number of amides is 1. The standard InChI is InChI=1S/C12H14N2O4/c13-6-9-7-18-12(15)14(9)8-1-2-10-11(5-8)17-4-3-16-10/h1-2,5,9H,3-4,6-7,13H2/t9-/m0/s1. The summed E-state index contributed by atoms with van der Waals surface area (Å²) in [6.07, 6.45) is -0.373. The molecule has 0 spiro atoms. The smallest absolute Gasteiger partial charge is 0.414 e.